The number of aromatic nitrogens is 2. The van der Waals surface area contributed by atoms with Gasteiger partial charge in [-0.05, 0) is 86.6 Å². The Kier molecular flexibility index (Phi) is 5.63. The molecule has 0 aliphatic heterocycles. The summed E-state index contributed by atoms with van der Waals surface area (Å²) in [5.74, 6) is 0. The Labute approximate surface area is 315 Å². The van der Waals surface area contributed by atoms with E-state index in [1.54, 1.807) is 0 Å². The lowest BCUT2D eigenvalue weighted by Gasteiger charge is -2.15. The molecule has 0 saturated carbocycles. The molecular formula is C52H30N2O. The van der Waals surface area contributed by atoms with Crippen LogP contribution in [0.15, 0.2) is 186 Å². The van der Waals surface area contributed by atoms with E-state index >= 15 is 0 Å². The van der Waals surface area contributed by atoms with Crippen molar-refractivity contribution in [3.05, 3.63) is 182 Å². The number of hydrogen-bond donors (Lipinski definition) is 0. The molecule has 0 amide bonds. The van der Waals surface area contributed by atoms with Crippen LogP contribution in [0.4, 0.5) is 0 Å². The standard InChI is InChI=1S/C52H30N2O/c1-2-15-32(16-3-1)53-43-25-9-6-20-40(43)47-48-42-22-8-11-27-45(42)55-52(48)49-41-21-7-10-26-44(41)54(51(49)50(47)53)33-17-12-14-31(30-33)34-28-29-39-36-19-5-4-18-35(36)38-24-13-23-37(34)46(38)39/h1-30H. The maximum absolute atomic E-state index is 6.97. The SMILES string of the molecule is c1ccc(-n2c3ccccc3c3c4c5ccccc5oc4c4c5ccccc5n(-c5cccc(-c6ccc7c8c(cccc68)-c6ccccc6-7)c5)c4c32)cc1. The summed E-state index contributed by atoms with van der Waals surface area (Å²) in [5, 5.41) is 9.62. The van der Waals surface area contributed by atoms with E-state index in [0.717, 1.165) is 49.7 Å². The number of fused-ring (bicyclic) bond motifs is 15. The van der Waals surface area contributed by atoms with Gasteiger partial charge in [0.2, 0.25) is 0 Å². The van der Waals surface area contributed by atoms with Crippen molar-refractivity contribution in [3.63, 3.8) is 0 Å². The van der Waals surface area contributed by atoms with Gasteiger partial charge >= 0.3 is 0 Å². The van der Waals surface area contributed by atoms with Crippen LogP contribution in [0, 0.1) is 0 Å². The fourth-order valence-corrected chi connectivity index (χ4v) is 9.87. The molecule has 3 aromatic heterocycles. The van der Waals surface area contributed by atoms with Crippen LogP contribution >= 0.6 is 0 Å². The molecule has 3 nitrogen and oxygen atoms in total. The van der Waals surface area contributed by atoms with Crippen LogP contribution in [-0.4, -0.2) is 9.13 Å². The van der Waals surface area contributed by atoms with Crippen LogP contribution in [0.25, 0.3) is 121 Å². The van der Waals surface area contributed by atoms with E-state index in [1.165, 1.54) is 71.3 Å². The van der Waals surface area contributed by atoms with Gasteiger partial charge in [0.1, 0.15) is 11.2 Å². The van der Waals surface area contributed by atoms with Crippen molar-refractivity contribution in [2.24, 2.45) is 0 Å². The number of hydrogen-bond acceptors (Lipinski definition) is 1. The van der Waals surface area contributed by atoms with Crippen LogP contribution in [0.3, 0.4) is 0 Å². The van der Waals surface area contributed by atoms with Crippen LogP contribution in [-0.2, 0) is 0 Å². The topological polar surface area (TPSA) is 23.0 Å². The highest BCUT2D eigenvalue weighted by Gasteiger charge is 2.28. The second-order valence-corrected chi connectivity index (χ2v) is 14.8. The van der Waals surface area contributed by atoms with E-state index in [0.29, 0.717) is 0 Å². The summed E-state index contributed by atoms with van der Waals surface area (Å²) in [6.07, 6.45) is 0. The van der Waals surface area contributed by atoms with Crippen molar-refractivity contribution in [1.29, 1.82) is 0 Å². The van der Waals surface area contributed by atoms with Gasteiger partial charge in [0, 0.05) is 38.3 Å². The number of nitrogens with zero attached hydrogens (tertiary/aromatic N) is 2. The quantitative estimate of drug-likeness (QED) is 0.180. The molecule has 3 heterocycles. The molecule has 0 N–H and O–H groups in total. The van der Waals surface area contributed by atoms with E-state index in [1.807, 2.05) is 0 Å². The number of benzene rings is 9. The van der Waals surface area contributed by atoms with Gasteiger partial charge in [-0.25, -0.2) is 0 Å². The molecule has 55 heavy (non-hydrogen) atoms. The van der Waals surface area contributed by atoms with Crippen molar-refractivity contribution in [1.82, 2.24) is 9.13 Å². The van der Waals surface area contributed by atoms with Crippen LogP contribution in [0.1, 0.15) is 0 Å². The molecule has 1 aliphatic rings. The predicted molar refractivity (Wildman–Crippen MR) is 230 cm³/mol. The fourth-order valence-electron chi connectivity index (χ4n) is 9.87. The molecule has 1 aliphatic carbocycles. The van der Waals surface area contributed by atoms with E-state index in [2.05, 4.69) is 191 Å². The smallest absolute Gasteiger partial charge is 0.146 e. The fraction of sp³-hybridized carbons (Fsp3) is 0. The van der Waals surface area contributed by atoms with E-state index in [9.17, 15) is 0 Å². The molecule has 0 unspecified atom stereocenters. The Morgan fingerprint density at radius 3 is 1.67 bits per heavy atom. The molecule has 0 spiro atoms. The number of rotatable bonds is 3. The zero-order valence-electron chi connectivity index (χ0n) is 29.6. The van der Waals surface area contributed by atoms with Gasteiger partial charge in [0.15, 0.2) is 0 Å². The van der Waals surface area contributed by atoms with Gasteiger partial charge in [-0.1, -0.05) is 140 Å². The van der Waals surface area contributed by atoms with Crippen LogP contribution < -0.4 is 0 Å². The minimum absolute atomic E-state index is 0.899. The van der Waals surface area contributed by atoms with E-state index in [4.69, 9.17) is 4.42 Å². The average Bonchev–Trinajstić information content (AvgIpc) is 3.99. The Morgan fingerprint density at radius 2 is 0.873 bits per heavy atom. The van der Waals surface area contributed by atoms with Crippen molar-refractivity contribution >= 4 is 76.3 Å². The third-order valence-corrected chi connectivity index (χ3v) is 12.0. The monoisotopic (exact) mass is 698 g/mol. The lowest BCUT2D eigenvalue weighted by atomic mass is 9.94. The predicted octanol–water partition coefficient (Wildman–Crippen LogP) is 14.2. The second-order valence-electron chi connectivity index (χ2n) is 14.8. The Balaban J connectivity index is 1.20. The first kappa shape index (κ1) is 29.1. The first-order valence-corrected chi connectivity index (χ1v) is 18.9. The molecule has 0 bridgehead atoms. The van der Waals surface area contributed by atoms with Gasteiger partial charge in [-0.2, -0.15) is 0 Å². The van der Waals surface area contributed by atoms with Crippen molar-refractivity contribution in [2.45, 2.75) is 0 Å². The molecule has 0 fully saturated rings. The summed E-state index contributed by atoms with van der Waals surface area (Å²) in [4.78, 5) is 0. The lowest BCUT2D eigenvalue weighted by Crippen LogP contribution is -1.99. The summed E-state index contributed by atoms with van der Waals surface area (Å²) in [6, 6.07) is 66.3. The summed E-state index contributed by atoms with van der Waals surface area (Å²) in [7, 11) is 0. The molecule has 0 atom stereocenters. The van der Waals surface area contributed by atoms with Gasteiger partial charge in [0.05, 0.1) is 27.5 Å². The molecular weight excluding hydrogens is 669 g/mol. The molecule has 3 heteroatoms. The Hall–Kier alpha value is -7.36. The first-order chi connectivity index (χ1) is 27.3. The Bertz CT molecular complexity index is 3570. The summed E-state index contributed by atoms with van der Waals surface area (Å²) in [6.45, 7) is 0. The zero-order valence-corrected chi connectivity index (χ0v) is 29.6. The lowest BCUT2D eigenvalue weighted by molar-refractivity contribution is 0.673. The minimum Gasteiger partial charge on any atom is -0.455 e. The number of furan rings is 1. The highest BCUT2D eigenvalue weighted by Crippen LogP contribution is 2.51. The van der Waals surface area contributed by atoms with Crippen molar-refractivity contribution in [2.75, 3.05) is 0 Å². The maximum Gasteiger partial charge on any atom is 0.146 e. The highest BCUT2D eigenvalue weighted by atomic mass is 16.3. The van der Waals surface area contributed by atoms with Gasteiger partial charge in [-0.15, -0.1) is 0 Å². The molecule has 13 rings (SSSR count). The highest BCUT2D eigenvalue weighted by molar-refractivity contribution is 6.39. The van der Waals surface area contributed by atoms with Gasteiger partial charge < -0.3 is 13.6 Å². The number of para-hydroxylation sites is 4. The van der Waals surface area contributed by atoms with Gasteiger partial charge in [0.25, 0.3) is 0 Å². The third kappa shape index (κ3) is 3.74. The molecule has 0 radical (unpaired) electrons. The summed E-state index contributed by atoms with van der Waals surface area (Å²) < 4.78 is 11.9. The molecule has 254 valence electrons. The molecule has 12 aromatic rings. The molecule has 0 saturated heterocycles. The Morgan fingerprint density at radius 1 is 0.327 bits per heavy atom. The van der Waals surface area contributed by atoms with Crippen LogP contribution in [0.2, 0.25) is 0 Å². The minimum atomic E-state index is 0.899. The second kappa shape index (κ2) is 10.6. The normalized spacial score (nSPS) is 12.4. The largest absolute Gasteiger partial charge is 0.455 e. The first-order valence-electron chi connectivity index (χ1n) is 18.9. The maximum atomic E-state index is 6.97. The summed E-state index contributed by atoms with van der Waals surface area (Å²) in [5.41, 5.74) is 16.4. The zero-order chi connectivity index (χ0) is 35.8. The van der Waals surface area contributed by atoms with Crippen molar-refractivity contribution in [3.8, 4) is 44.8 Å². The molecule has 9 aromatic carbocycles. The van der Waals surface area contributed by atoms with Crippen LogP contribution in [0.5, 0.6) is 0 Å². The average molecular weight is 699 g/mol. The third-order valence-electron chi connectivity index (χ3n) is 12.0. The summed E-state index contributed by atoms with van der Waals surface area (Å²) >= 11 is 0. The van der Waals surface area contributed by atoms with E-state index in [-0.39, 0.29) is 0 Å². The van der Waals surface area contributed by atoms with Crippen molar-refractivity contribution < 1.29 is 4.42 Å². The van der Waals surface area contributed by atoms with Gasteiger partial charge in [-0.3, -0.25) is 0 Å². The van der Waals surface area contributed by atoms with E-state index < -0.39 is 0 Å².